The number of aromatic carboxylic acids is 1. The van der Waals surface area contributed by atoms with Crippen LogP contribution in [0.3, 0.4) is 0 Å². The average Bonchev–Trinajstić information content (AvgIpc) is 2.86. The van der Waals surface area contributed by atoms with E-state index < -0.39 is 23.3 Å². The Morgan fingerprint density at radius 1 is 1.38 bits per heavy atom. The molecule has 1 N–H and O–H groups in total. The predicted molar refractivity (Wildman–Crippen MR) is 73.6 cm³/mol. The fourth-order valence-corrected chi connectivity index (χ4v) is 2.72. The third-order valence-corrected chi connectivity index (χ3v) is 4.07. The molecule has 0 radical (unpaired) electrons. The topological polar surface area (TPSA) is 40.5 Å². The minimum absolute atomic E-state index is 0.487. The number of nitrogens with zero attached hydrogens (tertiary/aromatic N) is 1. The summed E-state index contributed by atoms with van der Waals surface area (Å²) in [4.78, 5) is 13.0. The van der Waals surface area contributed by atoms with Crippen LogP contribution in [0.15, 0.2) is 18.2 Å². The highest BCUT2D eigenvalue weighted by molar-refractivity contribution is 5.91. The molecule has 1 fully saturated rings. The number of alkyl halides is 3. The standard InChI is InChI=1S/C15H18F3NO2/c1-9(2)10-5-6-19(8-10)11-3-4-13(15(16,17)18)12(7-11)14(20)21/h3-4,7,9-10H,5-6,8H2,1-2H3,(H,20,21). The monoisotopic (exact) mass is 301 g/mol. The summed E-state index contributed by atoms with van der Waals surface area (Å²) in [5.74, 6) is -0.562. The smallest absolute Gasteiger partial charge is 0.417 e. The van der Waals surface area contributed by atoms with Gasteiger partial charge in [0.15, 0.2) is 0 Å². The normalized spacial score (nSPS) is 19.3. The Hall–Kier alpha value is -1.72. The molecule has 1 saturated heterocycles. The summed E-state index contributed by atoms with van der Waals surface area (Å²) in [6, 6.07) is 3.35. The molecule has 2 rings (SSSR count). The van der Waals surface area contributed by atoms with Gasteiger partial charge in [-0.1, -0.05) is 13.8 Å². The number of halogens is 3. The van der Waals surface area contributed by atoms with E-state index in [1.165, 1.54) is 6.07 Å². The lowest BCUT2D eigenvalue weighted by atomic mass is 9.95. The number of hydrogen-bond acceptors (Lipinski definition) is 2. The first kappa shape index (κ1) is 15.7. The summed E-state index contributed by atoms with van der Waals surface area (Å²) in [5, 5.41) is 9.02. The maximum Gasteiger partial charge on any atom is 0.417 e. The van der Waals surface area contributed by atoms with E-state index in [4.69, 9.17) is 5.11 Å². The predicted octanol–water partition coefficient (Wildman–Crippen LogP) is 3.89. The van der Waals surface area contributed by atoms with Crippen molar-refractivity contribution in [2.45, 2.75) is 26.4 Å². The molecule has 116 valence electrons. The van der Waals surface area contributed by atoms with Gasteiger partial charge in [0.1, 0.15) is 0 Å². The summed E-state index contributed by atoms with van der Waals surface area (Å²) in [5.41, 5.74) is -1.24. The second kappa shape index (κ2) is 5.58. The third-order valence-electron chi connectivity index (χ3n) is 4.07. The number of carbonyl (C=O) groups is 1. The Kier molecular flexibility index (Phi) is 4.16. The second-order valence-corrected chi connectivity index (χ2v) is 5.77. The maximum atomic E-state index is 12.8. The van der Waals surface area contributed by atoms with E-state index in [1.54, 1.807) is 0 Å². The lowest BCUT2D eigenvalue weighted by Crippen LogP contribution is -2.22. The van der Waals surface area contributed by atoms with E-state index in [2.05, 4.69) is 13.8 Å². The second-order valence-electron chi connectivity index (χ2n) is 5.77. The number of anilines is 1. The molecule has 0 aliphatic carbocycles. The zero-order chi connectivity index (χ0) is 15.8. The number of benzene rings is 1. The zero-order valence-electron chi connectivity index (χ0n) is 11.9. The minimum atomic E-state index is -4.66. The van der Waals surface area contributed by atoms with Gasteiger partial charge in [-0.15, -0.1) is 0 Å². The first-order valence-corrected chi connectivity index (χ1v) is 6.89. The van der Waals surface area contributed by atoms with Gasteiger partial charge in [0.05, 0.1) is 11.1 Å². The number of rotatable bonds is 3. The summed E-state index contributed by atoms with van der Waals surface area (Å²) in [6.45, 7) is 5.72. The van der Waals surface area contributed by atoms with Gasteiger partial charge in [-0.2, -0.15) is 13.2 Å². The zero-order valence-corrected chi connectivity index (χ0v) is 11.9. The van der Waals surface area contributed by atoms with Crippen molar-refractivity contribution in [2.24, 2.45) is 11.8 Å². The van der Waals surface area contributed by atoms with E-state index >= 15 is 0 Å². The lowest BCUT2D eigenvalue weighted by molar-refractivity contribution is -0.138. The fraction of sp³-hybridized carbons (Fsp3) is 0.533. The fourth-order valence-electron chi connectivity index (χ4n) is 2.72. The first-order valence-electron chi connectivity index (χ1n) is 6.89. The molecule has 0 aromatic heterocycles. The van der Waals surface area contributed by atoms with Crippen LogP contribution in [0.25, 0.3) is 0 Å². The Morgan fingerprint density at radius 2 is 2.05 bits per heavy atom. The molecule has 1 atom stereocenters. The lowest BCUT2D eigenvalue weighted by Gasteiger charge is -2.21. The van der Waals surface area contributed by atoms with Gasteiger partial charge in [-0.3, -0.25) is 0 Å². The van der Waals surface area contributed by atoms with Crippen LogP contribution in [0, 0.1) is 11.8 Å². The van der Waals surface area contributed by atoms with Crippen molar-refractivity contribution >= 4 is 11.7 Å². The van der Waals surface area contributed by atoms with Crippen molar-refractivity contribution in [1.29, 1.82) is 0 Å². The summed E-state index contributed by atoms with van der Waals surface area (Å²) in [6.07, 6.45) is -3.68. The van der Waals surface area contributed by atoms with Crippen molar-refractivity contribution in [2.75, 3.05) is 18.0 Å². The number of carboxylic acids is 1. The molecule has 0 spiro atoms. The highest BCUT2D eigenvalue weighted by Gasteiger charge is 2.36. The van der Waals surface area contributed by atoms with Crippen LogP contribution in [0.1, 0.15) is 36.2 Å². The molecule has 1 aromatic rings. The van der Waals surface area contributed by atoms with Crippen molar-refractivity contribution in [3.63, 3.8) is 0 Å². The van der Waals surface area contributed by atoms with Crippen molar-refractivity contribution < 1.29 is 23.1 Å². The average molecular weight is 301 g/mol. The third kappa shape index (κ3) is 3.31. The quantitative estimate of drug-likeness (QED) is 0.921. The first-order chi connectivity index (χ1) is 9.70. The van der Waals surface area contributed by atoms with Gasteiger partial charge in [0.2, 0.25) is 0 Å². The minimum Gasteiger partial charge on any atom is -0.478 e. The summed E-state index contributed by atoms with van der Waals surface area (Å²) >= 11 is 0. The molecule has 0 amide bonds. The van der Waals surface area contributed by atoms with Crippen LogP contribution in [-0.2, 0) is 6.18 Å². The SMILES string of the molecule is CC(C)C1CCN(c2ccc(C(F)(F)F)c(C(=O)O)c2)C1. The Morgan fingerprint density at radius 3 is 2.52 bits per heavy atom. The van der Waals surface area contributed by atoms with Gasteiger partial charge >= 0.3 is 12.1 Å². The molecule has 21 heavy (non-hydrogen) atoms. The maximum absolute atomic E-state index is 12.8. The van der Waals surface area contributed by atoms with E-state index in [1.807, 2.05) is 4.90 Å². The highest BCUT2D eigenvalue weighted by atomic mass is 19.4. The van der Waals surface area contributed by atoms with Crippen LogP contribution in [-0.4, -0.2) is 24.2 Å². The van der Waals surface area contributed by atoms with E-state index in [-0.39, 0.29) is 0 Å². The molecular formula is C15H18F3NO2. The van der Waals surface area contributed by atoms with Gasteiger partial charge in [0, 0.05) is 18.8 Å². The van der Waals surface area contributed by atoms with E-state index in [0.29, 0.717) is 17.5 Å². The van der Waals surface area contributed by atoms with E-state index in [0.717, 1.165) is 31.6 Å². The Labute approximate surface area is 121 Å². The van der Waals surface area contributed by atoms with Crippen LogP contribution < -0.4 is 4.90 Å². The highest BCUT2D eigenvalue weighted by Crippen LogP contribution is 2.35. The molecule has 6 heteroatoms. The molecule has 0 bridgehead atoms. The Balaban J connectivity index is 2.31. The van der Waals surface area contributed by atoms with Gasteiger partial charge in [-0.05, 0) is 36.5 Å². The molecule has 0 saturated carbocycles. The van der Waals surface area contributed by atoms with Crippen LogP contribution in [0.5, 0.6) is 0 Å². The largest absolute Gasteiger partial charge is 0.478 e. The van der Waals surface area contributed by atoms with Crippen molar-refractivity contribution in [3.8, 4) is 0 Å². The van der Waals surface area contributed by atoms with Crippen LogP contribution in [0.4, 0.5) is 18.9 Å². The molecular weight excluding hydrogens is 283 g/mol. The summed E-state index contributed by atoms with van der Waals surface area (Å²) < 4.78 is 38.4. The Bertz CT molecular complexity index is 540. The molecule has 1 unspecified atom stereocenters. The number of carboxylic acid groups (broad SMARTS) is 1. The van der Waals surface area contributed by atoms with Crippen molar-refractivity contribution in [3.05, 3.63) is 29.3 Å². The van der Waals surface area contributed by atoms with Crippen LogP contribution in [0.2, 0.25) is 0 Å². The molecule has 1 aliphatic heterocycles. The summed E-state index contributed by atoms with van der Waals surface area (Å²) in [7, 11) is 0. The number of hydrogen-bond donors (Lipinski definition) is 1. The molecule has 1 aliphatic rings. The molecule has 3 nitrogen and oxygen atoms in total. The van der Waals surface area contributed by atoms with Crippen molar-refractivity contribution in [1.82, 2.24) is 0 Å². The van der Waals surface area contributed by atoms with Gasteiger partial charge < -0.3 is 10.0 Å². The molecule has 1 aromatic carbocycles. The van der Waals surface area contributed by atoms with Gasteiger partial charge in [0.25, 0.3) is 0 Å². The molecule has 1 heterocycles. The van der Waals surface area contributed by atoms with Crippen LogP contribution >= 0.6 is 0 Å². The van der Waals surface area contributed by atoms with Gasteiger partial charge in [-0.25, -0.2) is 4.79 Å². The van der Waals surface area contributed by atoms with E-state index in [9.17, 15) is 18.0 Å².